The first-order chi connectivity index (χ1) is 9.01. The molecule has 0 bridgehead atoms. The van der Waals surface area contributed by atoms with E-state index in [1.54, 1.807) is 0 Å². The minimum Gasteiger partial charge on any atom is -0.379 e. The lowest BCUT2D eigenvalue weighted by Crippen LogP contribution is -2.18. The minimum absolute atomic E-state index is 0.0968. The molecule has 0 amide bonds. The topological polar surface area (TPSA) is 49.9 Å². The maximum absolute atomic E-state index is 12.9. The summed E-state index contributed by atoms with van der Waals surface area (Å²) in [5.41, 5.74) is 2.03. The molecule has 0 saturated heterocycles. The number of amidine groups is 1. The van der Waals surface area contributed by atoms with Crippen molar-refractivity contribution in [3.8, 4) is 0 Å². The lowest BCUT2D eigenvalue weighted by atomic mass is 10.1. The fourth-order valence-corrected chi connectivity index (χ4v) is 2.08. The van der Waals surface area contributed by atoms with Gasteiger partial charge in [0.15, 0.2) is 5.17 Å². The molecule has 0 spiro atoms. The highest BCUT2D eigenvalue weighted by Gasteiger charge is 2.40. The van der Waals surface area contributed by atoms with Crippen LogP contribution in [0.1, 0.15) is 6.42 Å². The van der Waals surface area contributed by atoms with Crippen molar-refractivity contribution in [1.29, 1.82) is 5.41 Å². The maximum atomic E-state index is 12.9. The van der Waals surface area contributed by atoms with Gasteiger partial charge in [-0.3, -0.25) is 5.41 Å². The fraction of sp³-hybridized carbons (Fsp3) is 0.364. The summed E-state index contributed by atoms with van der Waals surface area (Å²) in [7, 11) is 0. The van der Waals surface area contributed by atoms with Crippen LogP contribution >= 0.6 is 11.8 Å². The van der Waals surface area contributed by atoms with E-state index in [-0.39, 0.29) is 23.8 Å². The normalized spacial score (nSPS) is 17.0. The van der Waals surface area contributed by atoms with Crippen LogP contribution in [0.25, 0.3) is 0 Å². The van der Waals surface area contributed by atoms with E-state index in [9.17, 15) is 26.3 Å². The molecule has 0 saturated carbocycles. The fourth-order valence-electron chi connectivity index (χ4n) is 1.50. The largest absolute Gasteiger partial charge is 0.416 e. The number of nitrogens with one attached hydrogen (secondary N) is 1. The van der Waals surface area contributed by atoms with E-state index < -0.39 is 28.7 Å². The van der Waals surface area contributed by atoms with Gasteiger partial charge in [-0.25, -0.2) is 0 Å². The zero-order valence-electron chi connectivity index (χ0n) is 9.90. The first kappa shape index (κ1) is 16.7. The molecule has 0 atom stereocenters. The van der Waals surface area contributed by atoms with Crippen molar-refractivity contribution in [1.82, 2.24) is 0 Å². The zero-order valence-corrected chi connectivity index (χ0v) is 10.7. The van der Waals surface area contributed by atoms with Crippen molar-refractivity contribution in [3.63, 3.8) is 0 Å². The van der Waals surface area contributed by atoms with Crippen molar-refractivity contribution in [2.45, 2.75) is 18.8 Å². The average molecular weight is 316 g/mol. The molecular formula is C11H10F6N2S. The molecule has 0 aliphatic heterocycles. The van der Waals surface area contributed by atoms with Gasteiger partial charge in [-0.1, -0.05) is 23.9 Å². The van der Waals surface area contributed by atoms with Crippen LogP contribution in [0.5, 0.6) is 0 Å². The summed E-state index contributed by atoms with van der Waals surface area (Å²) in [5.74, 6) is -0.306. The quantitative estimate of drug-likeness (QED) is 0.461. The second kappa shape index (κ2) is 5.94. The van der Waals surface area contributed by atoms with Gasteiger partial charge < -0.3 is 5.73 Å². The summed E-state index contributed by atoms with van der Waals surface area (Å²) in [5, 5.41) is 6.55. The Hall–Kier alpha value is -1.38. The van der Waals surface area contributed by atoms with Gasteiger partial charge in [0.1, 0.15) is 0 Å². The van der Waals surface area contributed by atoms with Crippen LogP contribution in [0, 0.1) is 5.41 Å². The van der Waals surface area contributed by atoms with Crippen molar-refractivity contribution < 1.29 is 26.3 Å². The maximum Gasteiger partial charge on any atom is 0.416 e. The van der Waals surface area contributed by atoms with Crippen LogP contribution in [-0.4, -0.2) is 23.3 Å². The van der Waals surface area contributed by atoms with E-state index in [0.717, 1.165) is 6.08 Å². The highest BCUT2D eigenvalue weighted by Crippen LogP contribution is 2.38. The average Bonchev–Trinajstić information content (AvgIpc) is 2.46. The third-order valence-electron chi connectivity index (χ3n) is 2.36. The van der Waals surface area contributed by atoms with E-state index in [1.807, 2.05) is 0 Å². The van der Waals surface area contributed by atoms with Crippen LogP contribution in [0.3, 0.4) is 0 Å². The first-order valence-corrected chi connectivity index (χ1v) is 6.23. The summed E-state index contributed by atoms with van der Waals surface area (Å²) in [6.07, 6.45) is -8.16. The lowest BCUT2D eigenvalue weighted by Gasteiger charge is -2.15. The molecule has 9 heteroatoms. The SMILES string of the molecule is N=C(N)SCC1=CCC=C(C(F)(F)F)C=C1C(F)(F)F. The van der Waals surface area contributed by atoms with Crippen molar-refractivity contribution >= 4 is 16.9 Å². The van der Waals surface area contributed by atoms with Crippen LogP contribution in [-0.2, 0) is 0 Å². The Morgan fingerprint density at radius 2 is 1.75 bits per heavy atom. The van der Waals surface area contributed by atoms with Gasteiger partial charge in [0.2, 0.25) is 0 Å². The predicted molar refractivity (Wildman–Crippen MR) is 65.3 cm³/mol. The van der Waals surface area contributed by atoms with Crippen molar-refractivity contribution in [2.75, 3.05) is 5.75 Å². The molecule has 0 aromatic carbocycles. The van der Waals surface area contributed by atoms with E-state index >= 15 is 0 Å². The van der Waals surface area contributed by atoms with Crippen LogP contribution in [0.2, 0.25) is 0 Å². The summed E-state index contributed by atoms with van der Waals surface area (Å²) >= 11 is 0.623. The zero-order chi connectivity index (χ0) is 15.6. The molecule has 0 aromatic rings. The van der Waals surface area contributed by atoms with Crippen molar-refractivity contribution in [3.05, 3.63) is 34.9 Å². The molecule has 0 unspecified atom stereocenters. The third-order valence-corrected chi connectivity index (χ3v) is 3.13. The van der Waals surface area contributed by atoms with Gasteiger partial charge in [0.05, 0.1) is 11.1 Å². The molecule has 0 fully saturated rings. The molecule has 3 N–H and O–H groups in total. The third kappa shape index (κ3) is 4.62. The summed E-state index contributed by atoms with van der Waals surface area (Å²) in [6, 6.07) is 0. The van der Waals surface area contributed by atoms with Crippen LogP contribution in [0.15, 0.2) is 34.9 Å². The number of rotatable bonds is 2. The molecule has 1 rings (SSSR count). The van der Waals surface area contributed by atoms with E-state index in [0.29, 0.717) is 17.8 Å². The Morgan fingerprint density at radius 1 is 1.15 bits per heavy atom. The minimum atomic E-state index is -4.90. The molecule has 0 aromatic heterocycles. The predicted octanol–water partition coefficient (Wildman–Crippen LogP) is 3.92. The Labute approximate surface area is 114 Å². The highest BCUT2D eigenvalue weighted by molar-refractivity contribution is 8.13. The van der Waals surface area contributed by atoms with Gasteiger partial charge in [-0.05, 0) is 18.1 Å². The number of alkyl halides is 6. The number of hydrogen-bond acceptors (Lipinski definition) is 2. The monoisotopic (exact) mass is 316 g/mol. The summed E-state index contributed by atoms with van der Waals surface area (Å²) in [4.78, 5) is 0. The molecule has 112 valence electrons. The number of nitrogens with two attached hydrogens (primary N) is 1. The van der Waals surface area contributed by atoms with Crippen LogP contribution in [0.4, 0.5) is 26.3 Å². The lowest BCUT2D eigenvalue weighted by molar-refractivity contribution is -0.0938. The number of halogens is 6. The smallest absolute Gasteiger partial charge is 0.379 e. The van der Waals surface area contributed by atoms with E-state index in [1.165, 1.54) is 0 Å². The Bertz CT molecular complexity index is 484. The second-order valence-electron chi connectivity index (χ2n) is 3.83. The van der Waals surface area contributed by atoms with Crippen LogP contribution < -0.4 is 5.73 Å². The molecule has 0 radical (unpaired) electrons. The van der Waals surface area contributed by atoms with E-state index in [4.69, 9.17) is 11.1 Å². The number of allylic oxidation sites excluding steroid dienone is 5. The number of thioether (sulfide) groups is 1. The summed E-state index contributed by atoms with van der Waals surface area (Å²) in [6.45, 7) is 0. The molecule has 1 aliphatic carbocycles. The highest BCUT2D eigenvalue weighted by atomic mass is 32.2. The second-order valence-corrected chi connectivity index (χ2v) is 4.85. The molecule has 1 aliphatic rings. The van der Waals surface area contributed by atoms with Gasteiger partial charge in [0.25, 0.3) is 0 Å². The van der Waals surface area contributed by atoms with Gasteiger partial charge in [0, 0.05) is 5.75 Å². The Morgan fingerprint density at radius 3 is 2.20 bits per heavy atom. The first-order valence-electron chi connectivity index (χ1n) is 5.24. The van der Waals surface area contributed by atoms with Gasteiger partial charge >= 0.3 is 12.4 Å². The Kier molecular flexibility index (Phi) is 4.95. The number of hydrogen-bond donors (Lipinski definition) is 2. The molecule has 20 heavy (non-hydrogen) atoms. The molecular weight excluding hydrogens is 306 g/mol. The Balaban J connectivity index is 3.15. The summed E-state index contributed by atoms with van der Waals surface area (Å²) < 4.78 is 76.3. The van der Waals surface area contributed by atoms with Crippen molar-refractivity contribution in [2.24, 2.45) is 5.73 Å². The molecule has 0 heterocycles. The van der Waals surface area contributed by atoms with Gasteiger partial charge in [-0.15, -0.1) is 0 Å². The van der Waals surface area contributed by atoms with E-state index in [2.05, 4.69) is 0 Å². The van der Waals surface area contributed by atoms with Gasteiger partial charge in [-0.2, -0.15) is 26.3 Å². The molecule has 2 nitrogen and oxygen atoms in total. The standard InChI is InChI=1S/C11H10F6N2S/c12-10(13,14)7-3-1-2-6(5-20-9(18)19)8(4-7)11(15,16)17/h2-4H,1,5H2,(H3,18,19).